The van der Waals surface area contributed by atoms with Crippen LogP contribution in [0.4, 0.5) is 0 Å². The molecule has 3 nitrogen and oxygen atoms in total. The minimum Gasteiger partial charge on any atom is -0.391 e. The SMILES string of the molecule is CCN(CCC#N)C1CCCCCC1O. The van der Waals surface area contributed by atoms with Gasteiger partial charge in [0.2, 0.25) is 0 Å². The third-order valence-electron chi connectivity index (χ3n) is 3.33. The molecule has 1 aliphatic carbocycles. The van der Waals surface area contributed by atoms with Gasteiger partial charge in [0.05, 0.1) is 12.2 Å². The Morgan fingerprint density at radius 1 is 1.33 bits per heavy atom. The van der Waals surface area contributed by atoms with Crippen molar-refractivity contribution in [2.75, 3.05) is 13.1 Å². The summed E-state index contributed by atoms with van der Waals surface area (Å²) in [4.78, 5) is 2.26. The molecule has 0 aromatic carbocycles. The lowest BCUT2D eigenvalue weighted by molar-refractivity contribution is 0.0478. The molecule has 1 saturated carbocycles. The Morgan fingerprint density at radius 3 is 2.73 bits per heavy atom. The van der Waals surface area contributed by atoms with Gasteiger partial charge >= 0.3 is 0 Å². The van der Waals surface area contributed by atoms with Crippen molar-refractivity contribution in [3.8, 4) is 6.07 Å². The minimum absolute atomic E-state index is 0.189. The summed E-state index contributed by atoms with van der Waals surface area (Å²) in [6.45, 7) is 3.84. The average molecular weight is 210 g/mol. The molecule has 0 aromatic heterocycles. The van der Waals surface area contributed by atoms with Crippen molar-refractivity contribution in [2.45, 2.75) is 57.6 Å². The van der Waals surface area contributed by atoms with Crippen LogP contribution in [-0.4, -0.2) is 35.2 Å². The summed E-state index contributed by atoms with van der Waals surface area (Å²) in [5.74, 6) is 0. The van der Waals surface area contributed by atoms with E-state index in [4.69, 9.17) is 5.26 Å². The van der Waals surface area contributed by atoms with Gasteiger partial charge in [0, 0.05) is 19.0 Å². The third-order valence-corrected chi connectivity index (χ3v) is 3.33. The van der Waals surface area contributed by atoms with Crippen molar-refractivity contribution >= 4 is 0 Å². The van der Waals surface area contributed by atoms with Crippen LogP contribution >= 0.6 is 0 Å². The number of hydrogen-bond acceptors (Lipinski definition) is 3. The molecule has 0 heterocycles. The number of hydrogen-bond donors (Lipinski definition) is 1. The molecule has 1 N–H and O–H groups in total. The molecule has 86 valence electrons. The van der Waals surface area contributed by atoms with E-state index in [1.807, 2.05) is 0 Å². The first-order chi connectivity index (χ1) is 7.29. The van der Waals surface area contributed by atoms with Crippen molar-refractivity contribution < 1.29 is 5.11 Å². The van der Waals surface area contributed by atoms with Gasteiger partial charge in [-0.1, -0.05) is 26.2 Å². The monoisotopic (exact) mass is 210 g/mol. The smallest absolute Gasteiger partial charge is 0.0695 e. The normalized spacial score (nSPS) is 27.3. The van der Waals surface area contributed by atoms with Gasteiger partial charge in [-0.05, 0) is 19.4 Å². The molecule has 2 unspecified atom stereocenters. The van der Waals surface area contributed by atoms with Crippen LogP contribution in [0.1, 0.15) is 45.4 Å². The van der Waals surface area contributed by atoms with Crippen molar-refractivity contribution in [1.82, 2.24) is 4.90 Å². The van der Waals surface area contributed by atoms with E-state index >= 15 is 0 Å². The summed E-state index contributed by atoms with van der Waals surface area (Å²) < 4.78 is 0. The molecule has 0 aromatic rings. The molecule has 0 radical (unpaired) electrons. The van der Waals surface area contributed by atoms with Crippen LogP contribution in [0.5, 0.6) is 0 Å². The Labute approximate surface area is 92.7 Å². The molecule has 2 atom stereocenters. The highest BCUT2D eigenvalue weighted by molar-refractivity contribution is 4.83. The van der Waals surface area contributed by atoms with Gasteiger partial charge in [0.1, 0.15) is 0 Å². The maximum atomic E-state index is 10.0. The molecule has 3 heteroatoms. The van der Waals surface area contributed by atoms with Crippen LogP contribution in [0.3, 0.4) is 0 Å². The molecular formula is C12H22N2O. The zero-order chi connectivity index (χ0) is 11.1. The molecule has 0 amide bonds. The summed E-state index contributed by atoms with van der Waals surface area (Å²) in [6.07, 6.45) is 5.98. The summed E-state index contributed by atoms with van der Waals surface area (Å²) >= 11 is 0. The van der Waals surface area contributed by atoms with Gasteiger partial charge in [-0.15, -0.1) is 0 Å². The zero-order valence-corrected chi connectivity index (χ0v) is 9.65. The summed E-state index contributed by atoms with van der Waals surface area (Å²) in [5, 5.41) is 18.6. The number of nitrogens with zero attached hydrogens (tertiary/aromatic N) is 2. The quantitative estimate of drug-likeness (QED) is 0.721. The number of aliphatic hydroxyl groups excluding tert-OH is 1. The Hall–Kier alpha value is -0.590. The fraction of sp³-hybridized carbons (Fsp3) is 0.917. The van der Waals surface area contributed by atoms with Gasteiger partial charge < -0.3 is 5.11 Å². The number of aliphatic hydroxyl groups is 1. The molecule has 1 fully saturated rings. The van der Waals surface area contributed by atoms with Crippen LogP contribution in [0.25, 0.3) is 0 Å². The predicted molar refractivity (Wildman–Crippen MR) is 60.4 cm³/mol. The molecule has 0 spiro atoms. The van der Waals surface area contributed by atoms with E-state index in [0.29, 0.717) is 6.42 Å². The fourth-order valence-corrected chi connectivity index (χ4v) is 2.45. The van der Waals surface area contributed by atoms with Gasteiger partial charge in [-0.25, -0.2) is 0 Å². The van der Waals surface area contributed by atoms with E-state index in [1.165, 1.54) is 12.8 Å². The highest BCUT2D eigenvalue weighted by Crippen LogP contribution is 2.22. The van der Waals surface area contributed by atoms with Crippen LogP contribution in [0.2, 0.25) is 0 Å². The van der Waals surface area contributed by atoms with E-state index in [2.05, 4.69) is 17.9 Å². The second-order valence-corrected chi connectivity index (χ2v) is 4.31. The van der Waals surface area contributed by atoms with Crippen molar-refractivity contribution in [2.24, 2.45) is 0 Å². The maximum Gasteiger partial charge on any atom is 0.0695 e. The Bertz CT molecular complexity index is 212. The van der Waals surface area contributed by atoms with E-state index in [9.17, 15) is 5.11 Å². The average Bonchev–Trinajstić information content (AvgIpc) is 2.45. The lowest BCUT2D eigenvalue weighted by Crippen LogP contribution is -2.43. The van der Waals surface area contributed by atoms with Crippen LogP contribution in [0.15, 0.2) is 0 Å². The number of nitriles is 1. The fourth-order valence-electron chi connectivity index (χ4n) is 2.45. The first-order valence-electron chi connectivity index (χ1n) is 6.08. The maximum absolute atomic E-state index is 10.0. The summed E-state index contributed by atoms with van der Waals surface area (Å²) in [5.41, 5.74) is 0. The highest BCUT2D eigenvalue weighted by Gasteiger charge is 2.26. The molecule has 1 rings (SSSR count). The number of likely N-dealkylation sites (N-methyl/N-ethyl adjacent to an activating group) is 1. The summed E-state index contributed by atoms with van der Waals surface area (Å²) in [6, 6.07) is 2.46. The highest BCUT2D eigenvalue weighted by atomic mass is 16.3. The molecular weight excluding hydrogens is 188 g/mol. The van der Waals surface area contributed by atoms with Gasteiger partial charge in [0.25, 0.3) is 0 Å². The Kier molecular flexibility index (Phi) is 5.67. The molecule has 0 saturated heterocycles. The van der Waals surface area contributed by atoms with E-state index in [1.54, 1.807) is 0 Å². The van der Waals surface area contributed by atoms with Gasteiger partial charge in [-0.3, -0.25) is 4.90 Å². The summed E-state index contributed by atoms with van der Waals surface area (Å²) in [7, 11) is 0. The first-order valence-corrected chi connectivity index (χ1v) is 6.08. The Morgan fingerprint density at radius 2 is 2.07 bits per heavy atom. The van der Waals surface area contributed by atoms with E-state index in [-0.39, 0.29) is 12.1 Å². The molecule has 15 heavy (non-hydrogen) atoms. The van der Waals surface area contributed by atoms with E-state index < -0.39 is 0 Å². The van der Waals surface area contributed by atoms with Crippen LogP contribution in [-0.2, 0) is 0 Å². The first kappa shape index (κ1) is 12.5. The second kappa shape index (κ2) is 6.81. The standard InChI is InChI=1S/C12H22N2O/c1-2-14(10-6-9-13)11-7-4-3-5-8-12(11)15/h11-12,15H,2-8,10H2,1H3. The van der Waals surface area contributed by atoms with Gasteiger partial charge in [0.15, 0.2) is 0 Å². The van der Waals surface area contributed by atoms with Gasteiger partial charge in [-0.2, -0.15) is 5.26 Å². The van der Waals surface area contributed by atoms with Crippen molar-refractivity contribution in [1.29, 1.82) is 5.26 Å². The molecule has 0 bridgehead atoms. The van der Waals surface area contributed by atoms with Crippen LogP contribution in [0, 0.1) is 11.3 Å². The van der Waals surface area contributed by atoms with Crippen molar-refractivity contribution in [3.05, 3.63) is 0 Å². The topological polar surface area (TPSA) is 47.3 Å². The molecule has 0 aliphatic heterocycles. The largest absolute Gasteiger partial charge is 0.391 e. The zero-order valence-electron chi connectivity index (χ0n) is 9.65. The lowest BCUT2D eigenvalue weighted by Gasteiger charge is -2.32. The Balaban J connectivity index is 2.51. The third kappa shape index (κ3) is 3.81. The van der Waals surface area contributed by atoms with E-state index in [0.717, 1.165) is 32.4 Å². The minimum atomic E-state index is -0.189. The number of rotatable bonds is 4. The second-order valence-electron chi connectivity index (χ2n) is 4.31. The predicted octanol–water partition coefficient (Wildman–Crippen LogP) is 1.92. The van der Waals surface area contributed by atoms with Crippen molar-refractivity contribution in [3.63, 3.8) is 0 Å². The molecule has 1 aliphatic rings. The lowest BCUT2D eigenvalue weighted by atomic mass is 10.0. The van der Waals surface area contributed by atoms with Crippen LogP contribution < -0.4 is 0 Å².